The van der Waals surface area contributed by atoms with Crippen LogP contribution in [0.3, 0.4) is 0 Å². The molecule has 1 aromatic heterocycles. The minimum absolute atomic E-state index is 0.788. The number of anilines is 1. The summed E-state index contributed by atoms with van der Waals surface area (Å²) in [4.78, 5) is 1.21. The molecule has 5 heteroatoms. The van der Waals surface area contributed by atoms with Gasteiger partial charge >= 0.3 is 0 Å². The van der Waals surface area contributed by atoms with Gasteiger partial charge in [0, 0.05) is 26.1 Å². The maximum Gasteiger partial charge on any atom is 0.107 e. The minimum Gasteiger partial charge on any atom is -0.380 e. The Labute approximate surface area is 133 Å². The number of thiophene rings is 1. The number of benzene rings is 1. The van der Waals surface area contributed by atoms with Crippen LogP contribution in [-0.4, -0.2) is 0 Å². The zero-order chi connectivity index (χ0) is 13.3. The second-order valence-corrected chi connectivity index (χ2v) is 7.50. The summed E-state index contributed by atoms with van der Waals surface area (Å²) < 4.78 is 2.94. The first-order valence-electron chi connectivity index (χ1n) is 5.41. The zero-order valence-electron chi connectivity index (χ0n) is 9.98. The summed E-state index contributed by atoms with van der Waals surface area (Å²) in [6.07, 6.45) is 0. The van der Waals surface area contributed by atoms with Crippen LogP contribution in [0.15, 0.2) is 27.1 Å². The highest BCUT2D eigenvalue weighted by Crippen LogP contribution is 2.32. The lowest BCUT2D eigenvalue weighted by Gasteiger charge is -2.09. The van der Waals surface area contributed by atoms with E-state index in [1.165, 1.54) is 20.5 Å². The van der Waals surface area contributed by atoms with Crippen LogP contribution in [0.4, 0.5) is 5.69 Å². The van der Waals surface area contributed by atoms with Crippen molar-refractivity contribution in [3.63, 3.8) is 0 Å². The van der Waals surface area contributed by atoms with E-state index in [4.69, 9.17) is 11.6 Å². The molecule has 0 aliphatic heterocycles. The van der Waals surface area contributed by atoms with E-state index in [0.29, 0.717) is 0 Å². The molecule has 0 aliphatic rings. The Morgan fingerprint density at radius 2 is 1.78 bits per heavy atom. The third-order valence-electron chi connectivity index (χ3n) is 2.60. The number of hydrogen-bond donors (Lipinski definition) is 1. The molecule has 18 heavy (non-hydrogen) atoms. The van der Waals surface area contributed by atoms with E-state index in [9.17, 15) is 0 Å². The Hall–Kier alpha value is -0.0300. The molecular weight excluding hydrogens is 397 g/mol. The molecule has 1 heterocycles. The molecule has 0 spiro atoms. The van der Waals surface area contributed by atoms with Gasteiger partial charge in [-0.1, -0.05) is 27.5 Å². The quantitative estimate of drug-likeness (QED) is 0.641. The Kier molecular flexibility index (Phi) is 4.75. The average molecular weight is 410 g/mol. The molecule has 1 aromatic carbocycles. The fraction of sp³-hybridized carbons (Fsp3) is 0.231. The van der Waals surface area contributed by atoms with Crippen molar-refractivity contribution < 1.29 is 0 Å². The predicted octanol–water partition coefficient (Wildman–Crippen LogP) is 6.16. The standard InChI is InChI=1S/C13H12Br2ClNS/c1-7-3-9(4-8(2)12(7)15)17-6-10-5-11(14)13(16)18-10/h3-5,17H,6H2,1-2H3. The van der Waals surface area contributed by atoms with Crippen LogP contribution >= 0.6 is 54.8 Å². The summed E-state index contributed by atoms with van der Waals surface area (Å²) in [7, 11) is 0. The molecule has 2 aromatic rings. The van der Waals surface area contributed by atoms with E-state index in [-0.39, 0.29) is 0 Å². The van der Waals surface area contributed by atoms with Gasteiger partial charge in [0.05, 0.1) is 0 Å². The highest BCUT2D eigenvalue weighted by atomic mass is 79.9. The van der Waals surface area contributed by atoms with E-state index in [1.54, 1.807) is 11.3 Å². The van der Waals surface area contributed by atoms with E-state index >= 15 is 0 Å². The molecule has 1 N–H and O–H groups in total. The van der Waals surface area contributed by atoms with Crippen LogP contribution < -0.4 is 5.32 Å². The van der Waals surface area contributed by atoms with Crippen molar-refractivity contribution in [3.05, 3.63) is 47.5 Å². The van der Waals surface area contributed by atoms with Crippen LogP contribution in [0.25, 0.3) is 0 Å². The number of rotatable bonds is 3. The third-order valence-corrected chi connectivity index (χ3v) is 6.32. The van der Waals surface area contributed by atoms with Crippen LogP contribution in [0.1, 0.15) is 16.0 Å². The summed E-state index contributed by atoms with van der Waals surface area (Å²) >= 11 is 14.6. The van der Waals surface area contributed by atoms with Crippen LogP contribution in [0.5, 0.6) is 0 Å². The van der Waals surface area contributed by atoms with Gasteiger partial charge in [-0.2, -0.15) is 0 Å². The van der Waals surface area contributed by atoms with E-state index < -0.39 is 0 Å². The van der Waals surface area contributed by atoms with Gasteiger partial charge in [-0.3, -0.25) is 0 Å². The molecule has 96 valence electrons. The predicted molar refractivity (Wildman–Crippen MR) is 88.0 cm³/mol. The Balaban J connectivity index is 2.11. The van der Waals surface area contributed by atoms with Gasteiger partial charge < -0.3 is 5.32 Å². The van der Waals surface area contributed by atoms with Gasteiger partial charge in [0.2, 0.25) is 0 Å². The average Bonchev–Trinajstić information content (AvgIpc) is 2.63. The number of nitrogens with one attached hydrogen (secondary N) is 1. The first-order chi connectivity index (χ1) is 8.47. The van der Waals surface area contributed by atoms with Crippen LogP contribution in [0, 0.1) is 13.8 Å². The van der Waals surface area contributed by atoms with Crippen molar-refractivity contribution in [1.82, 2.24) is 0 Å². The molecule has 0 unspecified atom stereocenters. The largest absolute Gasteiger partial charge is 0.380 e. The molecule has 0 radical (unpaired) electrons. The number of halogens is 3. The fourth-order valence-electron chi connectivity index (χ4n) is 1.72. The zero-order valence-corrected chi connectivity index (χ0v) is 14.7. The summed E-state index contributed by atoms with van der Waals surface area (Å²) in [5.74, 6) is 0. The Bertz CT molecular complexity index is 538. The molecule has 0 atom stereocenters. The van der Waals surface area contributed by atoms with Gasteiger partial charge in [0.15, 0.2) is 0 Å². The molecule has 0 amide bonds. The normalized spacial score (nSPS) is 10.7. The van der Waals surface area contributed by atoms with Gasteiger partial charge in [-0.05, 0) is 59.1 Å². The SMILES string of the molecule is Cc1cc(NCc2cc(Br)c(Cl)s2)cc(C)c1Br. The topological polar surface area (TPSA) is 12.0 Å². The van der Waals surface area contributed by atoms with Crippen LogP contribution in [0.2, 0.25) is 4.34 Å². The maximum atomic E-state index is 6.02. The van der Waals surface area contributed by atoms with E-state index in [0.717, 1.165) is 21.0 Å². The molecule has 0 aliphatic carbocycles. The van der Waals surface area contributed by atoms with Gasteiger partial charge in [-0.25, -0.2) is 0 Å². The number of hydrogen-bond acceptors (Lipinski definition) is 2. The molecule has 0 saturated carbocycles. The van der Waals surface area contributed by atoms with Crippen molar-refractivity contribution >= 4 is 60.5 Å². The summed E-state index contributed by atoms with van der Waals surface area (Å²) in [6.45, 7) is 4.98. The van der Waals surface area contributed by atoms with Crippen molar-refractivity contribution in [1.29, 1.82) is 0 Å². The fourth-order valence-corrected chi connectivity index (χ4v) is 3.67. The Morgan fingerprint density at radius 3 is 2.28 bits per heavy atom. The lowest BCUT2D eigenvalue weighted by atomic mass is 10.1. The summed E-state index contributed by atoms with van der Waals surface area (Å²) in [6, 6.07) is 6.33. The molecule has 0 bridgehead atoms. The van der Waals surface area contributed by atoms with Gasteiger partial charge in [0.25, 0.3) is 0 Å². The first kappa shape index (κ1) is 14.4. The van der Waals surface area contributed by atoms with Crippen molar-refractivity contribution in [3.8, 4) is 0 Å². The second kappa shape index (κ2) is 5.95. The Morgan fingerprint density at radius 1 is 1.17 bits per heavy atom. The lowest BCUT2D eigenvalue weighted by molar-refractivity contribution is 1.18. The van der Waals surface area contributed by atoms with Gasteiger partial charge in [0.1, 0.15) is 4.34 Å². The minimum atomic E-state index is 0.788. The molecule has 0 fully saturated rings. The molecular formula is C13H12Br2ClNS. The second-order valence-electron chi connectivity index (χ2n) is 4.11. The van der Waals surface area contributed by atoms with Crippen molar-refractivity contribution in [2.24, 2.45) is 0 Å². The van der Waals surface area contributed by atoms with E-state index in [1.807, 2.05) is 0 Å². The lowest BCUT2D eigenvalue weighted by Crippen LogP contribution is -1.98. The van der Waals surface area contributed by atoms with Gasteiger partial charge in [-0.15, -0.1) is 11.3 Å². The highest BCUT2D eigenvalue weighted by molar-refractivity contribution is 9.11. The van der Waals surface area contributed by atoms with Crippen molar-refractivity contribution in [2.75, 3.05) is 5.32 Å². The molecule has 1 nitrogen and oxygen atoms in total. The highest BCUT2D eigenvalue weighted by Gasteiger charge is 2.05. The maximum absolute atomic E-state index is 6.02. The molecule has 0 saturated heterocycles. The smallest absolute Gasteiger partial charge is 0.107 e. The third kappa shape index (κ3) is 3.29. The molecule has 2 rings (SSSR count). The first-order valence-corrected chi connectivity index (χ1v) is 8.19. The summed E-state index contributed by atoms with van der Waals surface area (Å²) in [5.41, 5.74) is 3.61. The summed E-state index contributed by atoms with van der Waals surface area (Å²) in [5, 5.41) is 3.42. The van der Waals surface area contributed by atoms with Crippen molar-refractivity contribution in [2.45, 2.75) is 20.4 Å². The van der Waals surface area contributed by atoms with E-state index in [2.05, 4.69) is 69.2 Å². The monoisotopic (exact) mass is 407 g/mol. The van der Waals surface area contributed by atoms with Crippen LogP contribution in [-0.2, 0) is 6.54 Å². The number of aryl methyl sites for hydroxylation is 2.